The van der Waals surface area contributed by atoms with Crippen LogP contribution < -0.4 is 10.2 Å². The average molecular weight is 288 g/mol. The lowest BCUT2D eigenvalue weighted by Gasteiger charge is -2.35. The van der Waals surface area contributed by atoms with Gasteiger partial charge in [-0.1, -0.05) is 13.8 Å². The van der Waals surface area contributed by atoms with Crippen LogP contribution in [0, 0.1) is 11.8 Å². The first-order valence-corrected chi connectivity index (χ1v) is 7.95. The minimum absolute atomic E-state index is 0.174. The molecule has 1 N–H and O–H groups in total. The molecule has 1 aliphatic heterocycles. The SMILES string of the molecule is CNc1nc(N2C[C@H](C)C[C@H](C)C2)nc2c1C(=O)CCC2. The molecule has 1 aliphatic carbocycles. The van der Waals surface area contributed by atoms with E-state index in [4.69, 9.17) is 4.98 Å². The Morgan fingerprint density at radius 2 is 1.86 bits per heavy atom. The number of ketones is 1. The number of carbonyl (C=O) groups excluding carboxylic acids is 1. The van der Waals surface area contributed by atoms with E-state index in [2.05, 4.69) is 29.0 Å². The van der Waals surface area contributed by atoms with Gasteiger partial charge in [-0.2, -0.15) is 4.98 Å². The smallest absolute Gasteiger partial charge is 0.227 e. The number of nitrogens with zero attached hydrogens (tertiary/aromatic N) is 3. The minimum Gasteiger partial charge on any atom is -0.372 e. The lowest BCUT2D eigenvalue weighted by atomic mass is 9.92. The first-order valence-electron chi connectivity index (χ1n) is 7.95. The molecule has 5 heteroatoms. The number of anilines is 2. The molecule has 0 spiro atoms. The van der Waals surface area contributed by atoms with Crippen molar-refractivity contribution >= 4 is 17.5 Å². The predicted molar refractivity (Wildman–Crippen MR) is 84.0 cm³/mol. The molecule has 1 fully saturated rings. The van der Waals surface area contributed by atoms with Gasteiger partial charge in [-0.15, -0.1) is 0 Å². The largest absolute Gasteiger partial charge is 0.372 e. The van der Waals surface area contributed by atoms with Crippen molar-refractivity contribution in [3.05, 3.63) is 11.3 Å². The monoisotopic (exact) mass is 288 g/mol. The Morgan fingerprint density at radius 3 is 2.52 bits per heavy atom. The number of nitrogens with one attached hydrogen (secondary N) is 1. The Bertz CT molecular complexity index is 530. The van der Waals surface area contributed by atoms with Crippen LogP contribution in [0.2, 0.25) is 0 Å². The summed E-state index contributed by atoms with van der Waals surface area (Å²) in [6.07, 6.45) is 3.66. The molecular weight excluding hydrogens is 264 g/mol. The van der Waals surface area contributed by atoms with E-state index in [1.54, 1.807) is 0 Å². The molecule has 3 rings (SSSR count). The fraction of sp³-hybridized carbons (Fsp3) is 0.688. The van der Waals surface area contributed by atoms with E-state index in [1.165, 1.54) is 6.42 Å². The molecule has 1 saturated heterocycles. The second-order valence-corrected chi connectivity index (χ2v) is 6.57. The number of hydrogen-bond acceptors (Lipinski definition) is 5. The maximum atomic E-state index is 12.1. The summed E-state index contributed by atoms with van der Waals surface area (Å²) in [5.74, 6) is 2.98. The van der Waals surface area contributed by atoms with Crippen molar-refractivity contribution in [3.8, 4) is 0 Å². The lowest BCUT2D eigenvalue weighted by Crippen LogP contribution is -2.40. The van der Waals surface area contributed by atoms with Gasteiger partial charge in [0.2, 0.25) is 5.95 Å². The highest BCUT2D eigenvalue weighted by atomic mass is 16.1. The zero-order valence-electron chi connectivity index (χ0n) is 13.1. The van der Waals surface area contributed by atoms with Crippen molar-refractivity contribution in [1.29, 1.82) is 0 Å². The van der Waals surface area contributed by atoms with Crippen LogP contribution in [0.15, 0.2) is 0 Å². The third kappa shape index (κ3) is 2.74. The summed E-state index contributed by atoms with van der Waals surface area (Å²) in [7, 11) is 1.83. The van der Waals surface area contributed by atoms with Crippen LogP contribution in [0.1, 0.15) is 49.2 Å². The molecule has 114 valence electrons. The van der Waals surface area contributed by atoms with Crippen molar-refractivity contribution < 1.29 is 4.79 Å². The Hall–Kier alpha value is -1.65. The highest BCUT2D eigenvalue weighted by Gasteiger charge is 2.28. The molecule has 1 aromatic heterocycles. The summed E-state index contributed by atoms with van der Waals surface area (Å²) in [5.41, 5.74) is 1.64. The van der Waals surface area contributed by atoms with E-state index in [9.17, 15) is 4.79 Å². The van der Waals surface area contributed by atoms with Crippen LogP contribution >= 0.6 is 0 Å². The summed E-state index contributed by atoms with van der Waals surface area (Å²) in [6, 6.07) is 0. The van der Waals surface area contributed by atoms with Crippen molar-refractivity contribution in [3.63, 3.8) is 0 Å². The number of carbonyl (C=O) groups is 1. The van der Waals surface area contributed by atoms with Crippen molar-refractivity contribution in [1.82, 2.24) is 9.97 Å². The van der Waals surface area contributed by atoms with Gasteiger partial charge in [0, 0.05) is 26.6 Å². The van der Waals surface area contributed by atoms with Crippen LogP contribution in [-0.2, 0) is 6.42 Å². The molecule has 2 heterocycles. The van der Waals surface area contributed by atoms with Crippen molar-refractivity contribution in [2.75, 3.05) is 30.4 Å². The summed E-state index contributed by atoms with van der Waals surface area (Å²) in [4.78, 5) is 23.7. The van der Waals surface area contributed by atoms with Crippen LogP contribution in [0.4, 0.5) is 11.8 Å². The van der Waals surface area contributed by atoms with Gasteiger partial charge in [-0.3, -0.25) is 4.79 Å². The Labute approximate surface area is 126 Å². The highest BCUT2D eigenvalue weighted by Crippen LogP contribution is 2.30. The third-order valence-electron chi connectivity index (χ3n) is 4.46. The topological polar surface area (TPSA) is 58.1 Å². The van der Waals surface area contributed by atoms with Gasteiger partial charge < -0.3 is 10.2 Å². The normalized spacial score (nSPS) is 25.7. The van der Waals surface area contributed by atoms with Crippen molar-refractivity contribution in [2.45, 2.75) is 39.5 Å². The Morgan fingerprint density at radius 1 is 1.14 bits per heavy atom. The van der Waals surface area contributed by atoms with Crippen LogP contribution in [0.3, 0.4) is 0 Å². The molecule has 0 saturated carbocycles. The highest BCUT2D eigenvalue weighted by molar-refractivity contribution is 6.02. The van der Waals surface area contributed by atoms with E-state index in [1.807, 2.05) is 7.05 Å². The van der Waals surface area contributed by atoms with Gasteiger partial charge in [0.05, 0.1) is 11.3 Å². The fourth-order valence-electron chi connectivity index (χ4n) is 3.66. The van der Waals surface area contributed by atoms with E-state index < -0.39 is 0 Å². The second kappa shape index (κ2) is 5.62. The molecule has 0 aromatic carbocycles. The van der Waals surface area contributed by atoms with Crippen LogP contribution in [0.25, 0.3) is 0 Å². The lowest BCUT2D eigenvalue weighted by molar-refractivity contribution is 0.0972. The fourth-order valence-corrected chi connectivity index (χ4v) is 3.66. The first kappa shape index (κ1) is 14.3. The maximum absolute atomic E-state index is 12.1. The number of Topliss-reactive ketones (excluding diaryl/α,β-unsaturated/α-hetero) is 1. The molecule has 2 aliphatic rings. The zero-order chi connectivity index (χ0) is 15.0. The van der Waals surface area contributed by atoms with Crippen molar-refractivity contribution in [2.24, 2.45) is 11.8 Å². The standard InChI is InChI=1S/C16H24N4O/c1-10-7-11(2)9-20(8-10)16-18-12-5-4-6-13(21)14(12)15(17-3)19-16/h10-11H,4-9H2,1-3H3,(H,17,18,19)/t10-,11+. The summed E-state index contributed by atoms with van der Waals surface area (Å²) < 4.78 is 0. The van der Waals surface area contributed by atoms with E-state index in [0.29, 0.717) is 29.6 Å². The van der Waals surface area contributed by atoms with Crippen LogP contribution in [0.5, 0.6) is 0 Å². The number of rotatable bonds is 2. The number of piperidine rings is 1. The summed E-state index contributed by atoms with van der Waals surface area (Å²) in [6.45, 7) is 6.56. The minimum atomic E-state index is 0.174. The average Bonchev–Trinajstić information content (AvgIpc) is 2.45. The molecule has 0 radical (unpaired) electrons. The first-order chi connectivity index (χ1) is 10.1. The summed E-state index contributed by atoms with van der Waals surface area (Å²) in [5, 5.41) is 3.09. The number of hydrogen-bond donors (Lipinski definition) is 1. The molecule has 2 atom stereocenters. The van der Waals surface area contributed by atoms with Gasteiger partial charge in [0.1, 0.15) is 5.82 Å². The van der Waals surface area contributed by atoms with E-state index in [-0.39, 0.29) is 5.78 Å². The number of aryl methyl sites for hydroxylation is 1. The molecule has 5 nitrogen and oxygen atoms in total. The van der Waals surface area contributed by atoms with Gasteiger partial charge in [0.25, 0.3) is 0 Å². The molecule has 0 amide bonds. The Balaban J connectivity index is 1.98. The zero-order valence-corrected chi connectivity index (χ0v) is 13.1. The molecule has 1 aromatic rings. The molecule has 21 heavy (non-hydrogen) atoms. The quantitative estimate of drug-likeness (QED) is 0.906. The predicted octanol–water partition coefficient (Wildman–Crippen LogP) is 2.52. The van der Waals surface area contributed by atoms with Gasteiger partial charge >= 0.3 is 0 Å². The summed E-state index contributed by atoms with van der Waals surface area (Å²) >= 11 is 0. The van der Waals surface area contributed by atoms with E-state index >= 15 is 0 Å². The molecular formula is C16H24N4O. The van der Waals surface area contributed by atoms with Gasteiger partial charge in [-0.05, 0) is 31.1 Å². The number of fused-ring (bicyclic) bond motifs is 1. The number of aromatic nitrogens is 2. The molecule has 0 unspecified atom stereocenters. The third-order valence-corrected chi connectivity index (χ3v) is 4.46. The van der Waals surface area contributed by atoms with E-state index in [0.717, 1.165) is 37.6 Å². The van der Waals surface area contributed by atoms with Gasteiger partial charge in [-0.25, -0.2) is 4.98 Å². The molecule has 0 bridgehead atoms. The maximum Gasteiger partial charge on any atom is 0.227 e. The second-order valence-electron chi connectivity index (χ2n) is 6.57. The Kier molecular flexibility index (Phi) is 3.83. The van der Waals surface area contributed by atoms with Gasteiger partial charge in [0.15, 0.2) is 5.78 Å². The van der Waals surface area contributed by atoms with Crippen LogP contribution in [-0.4, -0.2) is 35.9 Å².